The van der Waals surface area contributed by atoms with Gasteiger partial charge in [0.25, 0.3) is 5.56 Å². The zero-order valence-electron chi connectivity index (χ0n) is 12.0. The first-order chi connectivity index (χ1) is 11.0. The molecule has 3 rings (SSSR count). The van der Waals surface area contributed by atoms with Crippen molar-refractivity contribution in [3.05, 3.63) is 66.7 Å². The van der Waals surface area contributed by atoms with Crippen LogP contribution in [0.3, 0.4) is 0 Å². The standard InChI is InChI=1S/C15H13Cl2FN2O3/c16-10-4-3-9(6-11(10)17)7-20-14(21)12(18)8-19(15(20)22)13-2-1-5-23-13/h3-4,6,8,13H,1-2,5,7H2/t13-/m1/s1. The van der Waals surface area contributed by atoms with Gasteiger partial charge >= 0.3 is 5.69 Å². The highest BCUT2D eigenvalue weighted by Crippen LogP contribution is 2.23. The first kappa shape index (κ1) is 16.2. The number of aromatic nitrogens is 2. The molecular formula is C15H13Cl2FN2O3. The van der Waals surface area contributed by atoms with Crippen LogP contribution in [0.1, 0.15) is 24.6 Å². The molecule has 1 aliphatic heterocycles. The van der Waals surface area contributed by atoms with E-state index < -0.39 is 23.3 Å². The number of nitrogens with zero attached hydrogens (tertiary/aromatic N) is 2. The quantitative estimate of drug-likeness (QED) is 0.847. The van der Waals surface area contributed by atoms with E-state index in [2.05, 4.69) is 0 Å². The Labute approximate surface area is 140 Å². The fraction of sp³-hybridized carbons (Fsp3) is 0.333. The van der Waals surface area contributed by atoms with E-state index in [1.165, 1.54) is 6.07 Å². The van der Waals surface area contributed by atoms with Crippen LogP contribution in [0.25, 0.3) is 0 Å². The van der Waals surface area contributed by atoms with E-state index in [4.69, 9.17) is 27.9 Å². The van der Waals surface area contributed by atoms with Crippen LogP contribution in [-0.4, -0.2) is 15.7 Å². The lowest BCUT2D eigenvalue weighted by molar-refractivity contribution is 0.0504. The van der Waals surface area contributed by atoms with Crippen LogP contribution in [-0.2, 0) is 11.3 Å². The lowest BCUT2D eigenvalue weighted by atomic mass is 10.2. The van der Waals surface area contributed by atoms with E-state index in [1.54, 1.807) is 12.1 Å². The molecule has 0 bridgehead atoms. The monoisotopic (exact) mass is 358 g/mol. The van der Waals surface area contributed by atoms with Gasteiger partial charge in [0.2, 0.25) is 5.82 Å². The molecule has 0 N–H and O–H groups in total. The van der Waals surface area contributed by atoms with Crippen LogP contribution in [0.15, 0.2) is 34.0 Å². The number of ether oxygens (including phenoxy) is 1. The molecule has 0 radical (unpaired) electrons. The van der Waals surface area contributed by atoms with Crippen molar-refractivity contribution in [3.63, 3.8) is 0 Å². The van der Waals surface area contributed by atoms with E-state index in [-0.39, 0.29) is 6.54 Å². The maximum absolute atomic E-state index is 13.9. The van der Waals surface area contributed by atoms with Gasteiger partial charge in [-0.25, -0.2) is 4.79 Å². The van der Waals surface area contributed by atoms with E-state index in [1.807, 2.05) is 0 Å². The summed E-state index contributed by atoms with van der Waals surface area (Å²) in [6, 6.07) is 4.72. The molecule has 1 aliphatic rings. The van der Waals surface area contributed by atoms with Gasteiger partial charge in [0.15, 0.2) is 0 Å². The normalized spacial score (nSPS) is 17.6. The lowest BCUT2D eigenvalue weighted by Crippen LogP contribution is -2.42. The molecule has 122 valence electrons. The largest absolute Gasteiger partial charge is 0.358 e. The molecule has 0 saturated carbocycles. The van der Waals surface area contributed by atoms with Crippen molar-refractivity contribution in [1.29, 1.82) is 0 Å². The minimum atomic E-state index is -1.000. The first-order valence-electron chi connectivity index (χ1n) is 7.04. The van der Waals surface area contributed by atoms with Crippen molar-refractivity contribution in [2.45, 2.75) is 25.6 Å². The van der Waals surface area contributed by atoms with E-state index in [0.29, 0.717) is 28.6 Å². The Morgan fingerprint density at radius 2 is 2.04 bits per heavy atom. The predicted octanol–water partition coefficient (Wildman–Crippen LogP) is 2.81. The molecule has 0 aliphatic carbocycles. The number of rotatable bonds is 3. The van der Waals surface area contributed by atoms with E-state index in [0.717, 1.165) is 21.8 Å². The maximum atomic E-state index is 13.9. The fourth-order valence-electron chi connectivity index (χ4n) is 2.53. The van der Waals surface area contributed by atoms with Crippen LogP contribution in [0.5, 0.6) is 0 Å². The average Bonchev–Trinajstić information content (AvgIpc) is 3.05. The number of hydrogen-bond acceptors (Lipinski definition) is 3. The topological polar surface area (TPSA) is 53.2 Å². The smallest absolute Gasteiger partial charge is 0.333 e. The SMILES string of the molecule is O=c1c(F)cn([C@H]2CCCO2)c(=O)n1Cc1ccc(Cl)c(Cl)c1. The molecule has 23 heavy (non-hydrogen) atoms. The third-order valence-electron chi connectivity index (χ3n) is 3.69. The molecule has 1 saturated heterocycles. The molecule has 1 aromatic carbocycles. The summed E-state index contributed by atoms with van der Waals surface area (Å²) >= 11 is 11.8. The van der Waals surface area contributed by atoms with Crippen LogP contribution in [0, 0.1) is 5.82 Å². The van der Waals surface area contributed by atoms with Crippen molar-refractivity contribution in [1.82, 2.24) is 9.13 Å². The zero-order chi connectivity index (χ0) is 16.6. The molecule has 1 fully saturated rings. The second-order valence-corrected chi connectivity index (χ2v) is 6.09. The van der Waals surface area contributed by atoms with Gasteiger partial charge in [-0.15, -0.1) is 0 Å². The Balaban J connectivity index is 2.05. The van der Waals surface area contributed by atoms with Gasteiger partial charge in [0.05, 0.1) is 22.8 Å². The first-order valence-corrected chi connectivity index (χ1v) is 7.80. The van der Waals surface area contributed by atoms with Crippen molar-refractivity contribution < 1.29 is 9.13 Å². The minimum absolute atomic E-state index is 0.0982. The molecule has 5 nitrogen and oxygen atoms in total. The van der Waals surface area contributed by atoms with Crippen LogP contribution in [0.2, 0.25) is 10.0 Å². The van der Waals surface area contributed by atoms with Gasteiger partial charge in [0, 0.05) is 6.61 Å². The molecule has 0 unspecified atom stereocenters. The fourth-order valence-corrected chi connectivity index (χ4v) is 2.85. The Kier molecular flexibility index (Phi) is 4.57. The van der Waals surface area contributed by atoms with Gasteiger partial charge in [-0.05, 0) is 30.5 Å². The van der Waals surface area contributed by atoms with Crippen molar-refractivity contribution in [3.8, 4) is 0 Å². The van der Waals surface area contributed by atoms with Crippen molar-refractivity contribution in [2.75, 3.05) is 6.61 Å². The van der Waals surface area contributed by atoms with E-state index in [9.17, 15) is 14.0 Å². The summed E-state index contributed by atoms with van der Waals surface area (Å²) in [7, 11) is 0. The number of benzene rings is 1. The lowest BCUT2D eigenvalue weighted by Gasteiger charge is -2.15. The van der Waals surface area contributed by atoms with Gasteiger partial charge in [-0.1, -0.05) is 29.3 Å². The summed E-state index contributed by atoms with van der Waals surface area (Å²) in [5.41, 5.74) is -1.02. The third kappa shape index (κ3) is 3.20. The number of halogens is 3. The summed E-state index contributed by atoms with van der Waals surface area (Å²) in [5.74, 6) is -1.000. The third-order valence-corrected chi connectivity index (χ3v) is 4.43. The number of hydrogen-bond donors (Lipinski definition) is 0. The maximum Gasteiger partial charge on any atom is 0.333 e. The van der Waals surface area contributed by atoms with Crippen LogP contribution < -0.4 is 11.2 Å². The highest BCUT2D eigenvalue weighted by atomic mass is 35.5. The summed E-state index contributed by atoms with van der Waals surface area (Å²) in [6.45, 7) is 0.406. The van der Waals surface area contributed by atoms with E-state index >= 15 is 0 Å². The van der Waals surface area contributed by atoms with Crippen molar-refractivity contribution >= 4 is 23.2 Å². The summed E-state index contributed by atoms with van der Waals surface area (Å²) in [5, 5.41) is 0.659. The predicted molar refractivity (Wildman–Crippen MR) is 84.7 cm³/mol. The summed E-state index contributed by atoms with van der Waals surface area (Å²) in [6.07, 6.45) is 1.75. The molecular weight excluding hydrogens is 346 g/mol. The average molecular weight is 359 g/mol. The molecule has 0 amide bonds. The second-order valence-electron chi connectivity index (χ2n) is 5.27. The van der Waals surface area contributed by atoms with Gasteiger partial charge in [-0.3, -0.25) is 13.9 Å². The van der Waals surface area contributed by atoms with Crippen molar-refractivity contribution in [2.24, 2.45) is 0 Å². The Morgan fingerprint density at radius 3 is 2.70 bits per heavy atom. The second kappa shape index (κ2) is 6.47. The Bertz CT molecular complexity index is 857. The van der Waals surface area contributed by atoms with Crippen LogP contribution in [0.4, 0.5) is 4.39 Å². The van der Waals surface area contributed by atoms with Crippen LogP contribution >= 0.6 is 23.2 Å². The van der Waals surface area contributed by atoms with Gasteiger partial charge < -0.3 is 4.74 Å². The molecule has 1 atom stereocenters. The van der Waals surface area contributed by atoms with Gasteiger partial charge in [-0.2, -0.15) is 4.39 Å². The summed E-state index contributed by atoms with van der Waals surface area (Å²) < 4.78 is 21.3. The van der Waals surface area contributed by atoms with Gasteiger partial charge in [0.1, 0.15) is 6.23 Å². The summed E-state index contributed by atoms with van der Waals surface area (Å²) in [4.78, 5) is 24.5. The molecule has 2 heterocycles. The highest BCUT2D eigenvalue weighted by Gasteiger charge is 2.22. The zero-order valence-corrected chi connectivity index (χ0v) is 13.5. The minimum Gasteiger partial charge on any atom is -0.358 e. The Hall–Kier alpha value is -1.63. The highest BCUT2D eigenvalue weighted by molar-refractivity contribution is 6.42. The Morgan fingerprint density at radius 1 is 1.26 bits per heavy atom. The molecule has 2 aromatic rings. The molecule has 0 spiro atoms. The molecule has 1 aromatic heterocycles. The molecule has 8 heteroatoms.